The molecule has 0 nitrogen and oxygen atoms in total. The molecule has 0 fully saturated rings. The van der Waals surface area contributed by atoms with Crippen LogP contribution in [0.25, 0.3) is 40.3 Å². The van der Waals surface area contributed by atoms with Gasteiger partial charge < -0.3 is 0 Å². The summed E-state index contributed by atoms with van der Waals surface area (Å²) in [5.41, 5.74) is 0. The van der Waals surface area contributed by atoms with Gasteiger partial charge in [0.1, 0.15) is 0 Å². The lowest BCUT2D eigenvalue weighted by Gasteiger charge is -2.00. The molecule has 38 heavy (non-hydrogen) atoms. The van der Waals surface area contributed by atoms with Gasteiger partial charge in [-0.25, -0.2) is 0 Å². The normalized spacial score (nSPS) is 12.2. The maximum absolute atomic E-state index is 2.48. The average Bonchev–Trinajstić information content (AvgIpc) is 3.60. The first kappa shape index (κ1) is 28.1. The van der Waals surface area contributed by atoms with E-state index in [1.54, 1.807) is 9.75 Å². The number of unbranched alkanes of at least 4 members (excludes halogenated alkanes) is 13. The topological polar surface area (TPSA) is 0 Å². The predicted molar refractivity (Wildman–Crippen MR) is 178 cm³/mol. The van der Waals surface area contributed by atoms with Crippen LogP contribution in [0.15, 0.2) is 36.4 Å². The van der Waals surface area contributed by atoms with E-state index in [1.165, 1.54) is 149 Å². The number of rotatable bonds is 17. The van der Waals surface area contributed by atoms with E-state index in [9.17, 15) is 0 Å². The molecule has 0 radical (unpaired) electrons. The number of hydrogen-bond donors (Lipinski definition) is 0. The Hall–Kier alpha value is -1.42. The summed E-state index contributed by atoms with van der Waals surface area (Å²) in [5, 5.41) is 5.80. The van der Waals surface area contributed by atoms with E-state index in [0.29, 0.717) is 0 Å². The van der Waals surface area contributed by atoms with Gasteiger partial charge in [-0.2, -0.15) is 0 Å². The van der Waals surface area contributed by atoms with E-state index in [2.05, 4.69) is 50.2 Å². The molecule has 5 rings (SSSR count). The Morgan fingerprint density at radius 1 is 0.395 bits per heavy atom. The summed E-state index contributed by atoms with van der Waals surface area (Å²) in [6.07, 6.45) is 23.4. The van der Waals surface area contributed by atoms with E-state index >= 15 is 0 Å². The van der Waals surface area contributed by atoms with Crippen LogP contribution < -0.4 is 0 Å². The second-order valence-electron chi connectivity index (χ2n) is 11.4. The highest BCUT2D eigenvalue weighted by atomic mass is 32.1. The van der Waals surface area contributed by atoms with Crippen molar-refractivity contribution >= 4 is 74.4 Å². The first-order valence-electron chi connectivity index (χ1n) is 15.6. The number of hydrogen-bond acceptors (Lipinski definition) is 3. The molecule has 5 aromatic rings. The van der Waals surface area contributed by atoms with Gasteiger partial charge in [-0.3, -0.25) is 0 Å². The van der Waals surface area contributed by atoms with Gasteiger partial charge in [0, 0.05) is 39.3 Å². The van der Waals surface area contributed by atoms with Crippen molar-refractivity contribution in [1.82, 2.24) is 0 Å². The monoisotopic (exact) mass is 562 g/mol. The molecule has 3 heterocycles. The quantitative estimate of drug-likeness (QED) is 0.0989. The zero-order valence-corrected chi connectivity index (χ0v) is 26.2. The Morgan fingerprint density at radius 3 is 1.21 bits per heavy atom. The highest BCUT2D eigenvalue weighted by molar-refractivity contribution is 7.27. The molecule has 204 valence electrons. The van der Waals surface area contributed by atoms with E-state index in [-0.39, 0.29) is 0 Å². The predicted octanol–water partition coefficient (Wildman–Crippen LogP) is 13.5. The lowest BCUT2D eigenvalue weighted by Crippen LogP contribution is -1.83. The molecular formula is C35H46S3. The summed E-state index contributed by atoms with van der Waals surface area (Å²) in [7, 11) is 0. The van der Waals surface area contributed by atoms with Crippen molar-refractivity contribution in [3.63, 3.8) is 0 Å². The molecule has 0 unspecified atom stereocenters. The minimum atomic E-state index is 1.25. The average molecular weight is 563 g/mol. The minimum Gasteiger partial charge on any atom is -0.140 e. The van der Waals surface area contributed by atoms with E-state index < -0.39 is 0 Å². The Labute approximate surface area is 242 Å². The highest BCUT2D eigenvalue weighted by Gasteiger charge is 2.12. The van der Waals surface area contributed by atoms with Gasteiger partial charge in [-0.1, -0.05) is 97.3 Å². The van der Waals surface area contributed by atoms with Crippen molar-refractivity contribution in [3.05, 3.63) is 46.2 Å². The highest BCUT2D eigenvalue weighted by Crippen LogP contribution is 2.42. The van der Waals surface area contributed by atoms with Crippen LogP contribution in [0.1, 0.15) is 120 Å². The van der Waals surface area contributed by atoms with E-state index in [1.807, 2.05) is 34.0 Å². The third kappa shape index (κ3) is 7.20. The van der Waals surface area contributed by atoms with Gasteiger partial charge in [0.25, 0.3) is 0 Å². The zero-order valence-electron chi connectivity index (χ0n) is 23.7. The lowest BCUT2D eigenvalue weighted by molar-refractivity contribution is 0.576. The third-order valence-corrected chi connectivity index (χ3v) is 11.6. The van der Waals surface area contributed by atoms with Gasteiger partial charge in [0.2, 0.25) is 0 Å². The first-order valence-corrected chi connectivity index (χ1v) is 18.0. The third-order valence-electron chi connectivity index (χ3n) is 8.15. The molecule has 0 saturated carbocycles. The van der Waals surface area contributed by atoms with Crippen LogP contribution in [0.5, 0.6) is 0 Å². The molecule has 0 N–H and O–H groups in total. The second-order valence-corrected chi connectivity index (χ2v) is 14.8. The number of fused-ring (bicyclic) bond motifs is 5. The van der Waals surface area contributed by atoms with Crippen LogP contribution in [-0.4, -0.2) is 0 Å². The molecular weight excluding hydrogens is 517 g/mol. The fraction of sp³-hybridized carbons (Fsp3) is 0.543. The number of benzene rings is 2. The zero-order chi connectivity index (χ0) is 26.2. The lowest BCUT2D eigenvalue weighted by atomic mass is 10.1. The summed E-state index contributed by atoms with van der Waals surface area (Å²) >= 11 is 6.04. The van der Waals surface area contributed by atoms with E-state index in [4.69, 9.17) is 0 Å². The van der Waals surface area contributed by atoms with Crippen molar-refractivity contribution in [3.8, 4) is 0 Å². The maximum Gasteiger partial charge on any atom is 0.0369 e. The summed E-state index contributed by atoms with van der Waals surface area (Å²) in [5.74, 6) is 0. The van der Waals surface area contributed by atoms with Crippen LogP contribution in [-0.2, 0) is 12.8 Å². The van der Waals surface area contributed by atoms with Crippen LogP contribution in [0.2, 0.25) is 0 Å². The first-order chi connectivity index (χ1) is 18.7. The summed E-state index contributed by atoms with van der Waals surface area (Å²) in [6, 6.07) is 14.9. The van der Waals surface area contributed by atoms with Gasteiger partial charge in [-0.05, 0) is 72.9 Å². The Kier molecular flexibility index (Phi) is 10.6. The largest absolute Gasteiger partial charge is 0.140 e. The van der Waals surface area contributed by atoms with Crippen molar-refractivity contribution in [1.29, 1.82) is 0 Å². The molecule has 2 aromatic carbocycles. The molecule has 0 aliphatic heterocycles. The summed E-state index contributed by atoms with van der Waals surface area (Å²) in [4.78, 5) is 3.14. The second kappa shape index (κ2) is 14.3. The molecule has 3 aromatic heterocycles. The van der Waals surface area contributed by atoms with Crippen LogP contribution in [0.3, 0.4) is 0 Å². The van der Waals surface area contributed by atoms with Gasteiger partial charge >= 0.3 is 0 Å². The summed E-state index contributed by atoms with van der Waals surface area (Å²) < 4.78 is 5.84. The van der Waals surface area contributed by atoms with Crippen LogP contribution in [0, 0.1) is 0 Å². The number of aryl methyl sites for hydroxylation is 2. The van der Waals surface area contributed by atoms with Crippen LogP contribution in [0.4, 0.5) is 0 Å². The fourth-order valence-corrected chi connectivity index (χ4v) is 9.44. The van der Waals surface area contributed by atoms with Gasteiger partial charge in [-0.15, -0.1) is 34.0 Å². The SMILES string of the molecule is CCCCCCCCCCc1cc2cc3c(cc2s1)sc1cc2sc(CCCCCCCCC)cc2cc13. The Morgan fingerprint density at radius 2 is 0.789 bits per heavy atom. The minimum absolute atomic E-state index is 1.25. The van der Waals surface area contributed by atoms with Crippen molar-refractivity contribution in [2.24, 2.45) is 0 Å². The molecule has 0 amide bonds. The molecule has 0 aliphatic rings. The molecule has 0 spiro atoms. The molecule has 0 bridgehead atoms. The fourth-order valence-electron chi connectivity index (χ4n) is 5.89. The smallest absolute Gasteiger partial charge is 0.0369 e. The van der Waals surface area contributed by atoms with Crippen molar-refractivity contribution in [2.45, 2.75) is 123 Å². The van der Waals surface area contributed by atoms with Crippen molar-refractivity contribution in [2.75, 3.05) is 0 Å². The molecule has 0 saturated heterocycles. The number of thiophene rings is 3. The van der Waals surface area contributed by atoms with Gasteiger partial charge in [0.05, 0.1) is 0 Å². The standard InChI is InChI=1S/C35H46S3/c1-3-5-7-9-11-13-15-17-19-29-21-27-23-31-30-22-26-20-28(18-16-14-12-10-8-6-4-2)36-32(26)24-34(30)38-35(31)25-33(27)37-29/h20-25H,3-19H2,1-2H3. The molecule has 0 atom stereocenters. The molecule has 3 heteroatoms. The van der Waals surface area contributed by atoms with E-state index in [0.717, 1.165) is 0 Å². The van der Waals surface area contributed by atoms with Gasteiger partial charge in [0.15, 0.2) is 0 Å². The Bertz CT molecular complexity index is 1430. The van der Waals surface area contributed by atoms with Crippen LogP contribution >= 0.6 is 34.0 Å². The van der Waals surface area contributed by atoms with Crippen molar-refractivity contribution < 1.29 is 0 Å². The maximum atomic E-state index is 2.48. The summed E-state index contributed by atoms with van der Waals surface area (Å²) in [6.45, 7) is 4.60. The molecule has 0 aliphatic carbocycles. The Balaban J connectivity index is 1.21.